The lowest BCUT2D eigenvalue weighted by Gasteiger charge is -2.40. The van der Waals surface area contributed by atoms with Crippen LogP contribution in [0.2, 0.25) is 0 Å². The second-order valence-corrected chi connectivity index (χ2v) is 9.27. The third-order valence-electron chi connectivity index (χ3n) is 6.75. The van der Waals surface area contributed by atoms with Gasteiger partial charge in [-0.3, -0.25) is 9.78 Å². The number of hydrogen-bond acceptors (Lipinski definition) is 5. The van der Waals surface area contributed by atoms with Crippen molar-refractivity contribution in [3.05, 3.63) is 71.3 Å². The zero-order chi connectivity index (χ0) is 25.9. The predicted molar refractivity (Wildman–Crippen MR) is 130 cm³/mol. The molecule has 6 nitrogen and oxygen atoms in total. The average molecular weight is 499 g/mol. The molecule has 1 fully saturated rings. The first-order valence-electron chi connectivity index (χ1n) is 12.0. The number of carbonyl (C=O) groups is 1. The summed E-state index contributed by atoms with van der Waals surface area (Å²) in [6.07, 6.45) is 2.74. The molecule has 4 rings (SSSR count). The van der Waals surface area contributed by atoms with Gasteiger partial charge in [-0.25, -0.2) is 9.97 Å². The van der Waals surface area contributed by atoms with E-state index in [-0.39, 0.29) is 23.9 Å². The fourth-order valence-corrected chi connectivity index (χ4v) is 4.78. The van der Waals surface area contributed by atoms with E-state index in [9.17, 15) is 18.0 Å². The maximum absolute atomic E-state index is 13.9. The van der Waals surface area contributed by atoms with E-state index < -0.39 is 11.7 Å². The van der Waals surface area contributed by atoms with Gasteiger partial charge in [0.1, 0.15) is 0 Å². The normalized spacial score (nSPS) is 18.2. The van der Waals surface area contributed by atoms with Crippen molar-refractivity contribution in [3.8, 4) is 17.1 Å². The summed E-state index contributed by atoms with van der Waals surface area (Å²) in [5, 5.41) is 0. The molecular formula is C27H29F3N4O2. The molecule has 0 spiro atoms. The number of carbonyl (C=O) groups excluding carboxylic acids is 1. The van der Waals surface area contributed by atoms with Crippen LogP contribution >= 0.6 is 0 Å². The number of likely N-dealkylation sites (tertiary alicyclic amines) is 1. The van der Waals surface area contributed by atoms with Crippen molar-refractivity contribution < 1.29 is 22.7 Å². The van der Waals surface area contributed by atoms with Gasteiger partial charge in [-0.2, -0.15) is 13.2 Å². The second-order valence-electron chi connectivity index (χ2n) is 9.27. The number of halogens is 3. The molecule has 9 heteroatoms. The van der Waals surface area contributed by atoms with E-state index in [4.69, 9.17) is 4.74 Å². The highest BCUT2D eigenvalue weighted by molar-refractivity contribution is 6.01. The maximum atomic E-state index is 13.9. The number of nitrogens with zero attached hydrogens (tertiary/aromatic N) is 4. The van der Waals surface area contributed by atoms with Crippen LogP contribution in [0.1, 0.15) is 53.4 Å². The number of benzene rings is 1. The van der Waals surface area contributed by atoms with Gasteiger partial charge in [0, 0.05) is 48.0 Å². The molecule has 1 saturated heterocycles. The first kappa shape index (κ1) is 25.6. The molecule has 1 aliphatic heterocycles. The summed E-state index contributed by atoms with van der Waals surface area (Å²) in [5.41, 5.74) is 2.83. The maximum Gasteiger partial charge on any atom is 0.417 e. The number of methoxy groups -OCH3 is 1. The number of hydrogen-bond donors (Lipinski definition) is 0. The number of rotatable bonds is 6. The number of ether oxygens (including phenoxy) is 1. The van der Waals surface area contributed by atoms with Gasteiger partial charge >= 0.3 is 12.2 Å². The van der Waals surface area contributed by atoms with E-state index in [0.717, 1.165) is 41.8 Å². The summed E-state index contributed by atoms with van der Waals surface area (Å²) in [4.78, 5) is 28.2. The van der Waals surface area contributed by atoms with Crippen molar-refractivity contribution in [2.45, 2.75) is 51.7 Å². The number of amides is 1. The molecule has 3 aromatic rings. The van der Waals surface area contributed by atoms with Crippen molar-refractivity contribution in [1.29, 1.82) is 0 Å². The predicted octanol–water partition coefficient (Wildman–Crippen LogP) is 5.75. The number of piperidine rings is 1. The smallest absolute Gasteiger partial charge is 0.417 e. The Labute approximate surface area is 208 Å². The minimum absolute atomic E-state index is 0.0455. The molecule has 1 aromatic carbocycles. The molecule has 2 atom stereocenters. The third kappa shape index (κ3) is 5.66. The van der Waals surface area contributed by atoms with E-state index in [1.54, 1.807) is 12.4 Å². The first-order chi connectivity index (χ1) is 17.2. The van der Waals surface area contributed by atoms with Crippen molar-refractivity contribution in [3.63, 3.8) is 0 Å². The number of aryl methyl sites for hydroxylation is 2. The lowest BCUT2D eigenvalue weighted by atomic mass is 9.86. The molecule has 190 valence electrons. The molecular weight excluding hydrogens is 469 g/mol. The van der Waals surface area contributed by atoms with Crippen LogP contribution in [-0.4, -0.2) is 45.5 Å². The highest BCUT2D eigenvalue weighted by atomic mass is 19.4. The monoisotopic (exact) mass is 498 g/mol. The highest BCUT2D eigenvalue weighted by Gasteiger charge is 2.34. The summed E-state index contributed by atoms with van der Waals surface area (Å²) < 4.78 is 43.7. The van der Waals surface area contributed by atoms with Gasteiger partial charge in [-0.1, -0.05) is 24.6 Å². The molecule has 36 heavy (non-hydrogen) atoms. The number of pyridine rings is 1. The van der Waals surface area contributed by atoms with Gasteiger partial charge in [0.05, 0.1) is 12.7 Å². The molecule has 0 unspecified atom stereocenters. The van der Waals surface area contributed by atoms with Gasteiger partial charge < -0.3 is 9.64 Å². The minimum atomic E-state index is -4.41. The van der Waals surface area contributed by atoms with Crippen LogP contribution in [0.4, 0.5) is 13.2 Å². The summed E-state index contributed by atoms with van der Waals surface area (Å²) in [6.45, 7) is 4.69. The summed E-state index contributed by atoms with van der Waals surface area (Å²) in [5.74, 6) is 0.191. The molecule has 0 N–H and O–H groups in total. The van der Waals surface area contributed by atoms with E-state index in [0.29, 0.717) is 30.6 Å². The van der Waals surface area contributed by atoms with Gasteiger partial charge in [0.15, 0.2) is 0 Å². The van der Waals surface area contributed by atoms with Crippen LogP contribution in [0, 0.1) is 12.8 Å². The third-order valence-corrected chi connectivity index (χ3v) is 6.75. The van der Waals surface area contributed by atoms with Crippen molar-refractivity contribution >= 4 is 5.91 Å². The Morgan fingerprint density at radius 1 is 1.11 bits per heavy atom. The fourth-order valence-electron chi connectivity index (χ4n) is 4.78. The van der Waals surface area contributed by atoms with E-state index in [1.165, 1.54) is 13.2 Å². The quantitative estimate of drug-likeness (QED) is 0.433. The van der Waals surface area contributed by atoms with E-state index in [2.05, 4.69) is 21.9 Å². The Morgan fingerprint density at radius 2 is 1.86 bits per heavy atom. The van der Waals surface area contributed by atoms with Gasteiger partial charge in [0.2, 0.25) is 0 Å². The fraction of sp³-hybridized carbons (Fsp3) is 0.407. The zero-order valence-corrected chi connectivity index (χ0v) is 20.5. The van der Waals surface area contributed by atoms with Crippen LogP contribution in [0.25, 0.3) is 11.1 Å². The van der Waals surface area contributed by atoms with Crippen LogP contribution in [0.3, 0.4) is 0 Å². The molecule has 2 aromatic heterocycles. The van der Waals surface area contributed by atoms with Crippen LogP contribution in [0.5, 0.6) is 6.01 Å². The molecule has 1 aliphatic rings. The van der Waals surface area contributed by atoms with Gasteiger partial charge in [-0.05, 0) is 62.3 Å². The Bertz CT molecular complexity index is 1200. The topological polar surface area (TPSA) is 68.2 Å². The van der Waals surface area contributed by atoms with Crippen molar-refractivity contribution in [2.24, 2.45) is 5.92 Å². The molecule has 1 amide bonds. The molecule has 3 heterocycles. The Kier molecular flexibility index (Phi) is 7.56. The summed E-state index contributed by atoms with van der Waals surface area (Å²) >= 11 is 0. The lowest BCUT2D eigenvalue weighted by Crippen LogP contribution is -2.48. The molecule has 0 saturated carbocycles. The Morgan fingerprint density at radius 3 is 2.50 bits per heavy atom. The largest absolute Gasteiger partial charge is 0.467 e. The highest BCUT2D eigenvalue weighted by Crippen LogP contribution is 2.32. The van der Waals surface area contributed by atoms with Crippen molar-refractivity contribution in [1.82, 2.24) is 19.9 Å². The van der Waals surface area contributed by atoms with E-state index >= 15 is 0 Å². The van der Waals surface area contributed by atoms with Crippen LogP contribution < -0.4 is 4.74 Å². The van der Waals surface area contributed by atoms with Gasteiger partial charge in [-0.15, -0.1) is 0 Å². The molecule has 0 aliphatic carbocycles. The average Bonchev–Trinajstić information content (AvgIpc) is 2.87. The summed E-state index contributed by atoms with van der Waals surface area (Å²) in [6, 6.07) is 8.42. The van der Waals surface area contributed by atoms with E-state index in [1.807, 2.05) is 30.0 Å². The van der Waals surface area contributed by atoms with Crippen LogP contribution in [0.15, 0.2) is 48.9 Å². The van der Waals surface area contributed by atoms with Crippen molar-refractivity contribution in [2.75, 3.05) is 13.7 Å². The van der Waals surface area contributed by atoms with Gasteiger partial charge in [0.25, 0.3) is 5.91 Å². The Balaban J connectivity index is 1.58. The first-order valence-corrected chi connectivity index (χ1v) is 12.0. The molecule has 0 bridgehead atoms. The number of alkyl halides is 3. The SMILES string of the molecule is COc1ncc(-c2ccc(C)cc2C(=O)N2CCC[C@@H](C)[C@H]2CCc2ccc(C(F)(F)F)cn2)cn1. The Hall–Kier alpha value is -3.49. The summed E-state index contributed by atoms with van der Waals surface area (Å²) in [7, 11) is 1.49. The zero-order valence-electron chi connectivity index (χ0n) is 20.5. The lowest BCUT2D eigenvalue weighted by molar-refractivity contribution is -0.137. The second kappa shape index (κ2) is 10.6. The number of aromatic nitrogens is 3. The molecule has 0 radical (unpaired) electrons. The van der Waals surface area contributed by atoms with Crippen LogP contribution in [-0.2, 0) is 12.6 Å². The minimum Gasteiger partial charge on any atom is -0.467 e. The standard InChI is InChI=1S/C27H29F3N4O2/c1-17-6-10-22(19-14-32-26(36-3)33-15-19)23(13-17)25(35)34-12-4-5-18(2)24(34)11-9-21-8-7-20(16-31-21)27(28,29)30/h6-8,10,13-16,18,24H,4-5,9,11-12H2,1-3H3/t18-,24-/m1/s1.